The molecule has 0 spiro atoms. The Labute approximate surface area is 107 Å². The minimum Gasteiger partial charge on any atom is -0.313 e. The molecular weight excluding hydrogens is 208 g/mol. The number of hydrogen-bond donors (Lipinski definition) is 1. The molecule has 2 nitrogen and oxygen atoms in total. The molecule has 1 aliphatic carbocycles. The maximum absolute atomic E-state index is 3.63. The molecule has 0 bridgehead atoms. The van der Waals surface area contributed by atoms with Gasteiger partial charge in [-0.2, -0.15) is 0 Å². The lowest BCUT2D eigenvalue weighted by Crippen LogP contribution is -2.45. The van der Waals surface area contributed by atoms with E-state index in [1.54, 1.807) is 0 Å². The fourth-order valence-corrected chi connectivity index (χ4v) is 3.52. The first kappa shape index (κ1) is 13.4. The standard InChI is InChI=1S/C15H30N2/c1-13(2)16-12-15-10-7-11-17(15)14-8-5-3-4-6-9-14/h13-16H,3-12H2,1-2H3. The lowest BCUT2D eigenvalue weighted by atomic mass is 10.1. The monoisotopic (exact) mass is 238 g/mol. The van der Waals surface area contributed by atoms with Crippen LogP contribution in [0.1, 0.15) is 65.2 Å². The van der Waals surface area contributed by atoms with Gasteiger partial charge >= 0.3 is 0 Å². The van der Waals surface area contributed by atoms with E-state index in [9.17, 15) is 0 Å². The average molecular weight is 238 g/mol. The van der Waals surface area contributed by atoms with Gasteiger partial charge in [0, 0.05) is 24.7 Å². The summed E-state index contributed by atoms with van der Waals surface area (Å²) in [4.78, 5) is 2.83. The largest absolute Gasteiger partial charge is 0.313 e. The Hall–Kier alpha value is -0.0800. The van der Waals surface area contributed by atoms with Crippen LogP contribution in [0.3, 0.4) is 0 Å². The molecule has 17 heavy (non-hydrogen) atoms. The second kappa shape index (κ2) is 6.75. The van der Waals surface area contributed by atoms with Gasteiger partial charge < -0.3 is 5.32 Å². The molecule has 1 atom stereocenters. The smallest absolute Gasteiger partial charge is 0.0224 e. The summed E-state index contributed by atoms with van der Waals surface area (Å²) in [5.41, 5.74) is 0. The van der Waals surface area contributed by atoms with Crippen molar-refractivity contribution >= 4 is 0 Å². The molecule has 100 valence electrons. The van der Waals surface area contributed by atoms with E-state index in [0.717, 1.165) is 12.1 Å². The Morgan fingerprint density at radius 3 is 2.35 bits per heavy atom. The fraction of sp³-hybridized carbons (Fsp3) is 1.00. The fourth-order valence-electron chi connectivity index (χ4n) is 3.52. The highest BCUT2D eigenvalue weighted by molar-refractivity contribution is 4.87. The van der Waals surface area contributed by atoms with E-state index in [-0.39, 0.29) is 0 Å². The topological polar surface area (TPSA) is 15.3 Å². The van der Waals surface area contributed by atoms with E-state index < -0.39 is 0 Å². The minimum atomic E-state index is 0.631. The summed E-state index contributed by atoms with van der Waals surface area (Å²) in [5, 5.41) is 3.63. The molecule has 0 aromatic rings. The summed E-state index contributed by atoms with van der Waals surface area (Å²) >= 11 is 0. The Kier molecular flexibility index (Phi) is 5.30. The second-order valence-corrected chi connectivity index (χ2v) is 6.24. The Morgan fingerprint density at radius 1 is 1.00 bits per heavy atom. The van der Waals surface area contributed by atoms with Gasteiger partial charge in [-0.15, -0.1) is 0 Å². The van der Waals surface area contributed by atoms with Crippen molar-refractivity contribution in [3.63, 3.8) is 0 Å². The van der Waals surface area contributed by atoms with Crippen LogP contribution in [0, 0.1) is 0 Å². The van der Waals surface area contributed by atoms with E-state index in [0.29, 0.717) is 6.04 Å². The molecule has 2 aliphatic rings. The van der Waals surface area contributed by atoms with E-state index in [2.05, 4.69) is 24.1 Å². The van der Waals surface area contributed by atoms with Crippen LogP contribution >= 0.6 is 0 Å². The summed E-state index contributed by atoms with van der Waals surface area (Å²) in [7, 11) is 0. The number of likely N-dealkylation sites (tertiary alicyclic amines) is 1. The molecule has 1 heterocycles. The first-order valence-electron chi connectivity index (χ1n) is 7.76. The van der Waals surface area contributed by atoms with E-state index >= 15 is 0 Å². The van der Waals surface area contributed by atoms with Crippen molar-refractivity contribution in [1.82, 2.24) is 10.2 Å². The molecule has 1 aliphatic heterocycles. The van der Waals surface area contributed by atoms with Crippen molar-refractivity contribution < 1.29 is 0 Å². The van der Waals surface area contributed by atoms with Crippen LogP contribution in [0.15, 0.2) is 0 Å². The van der Waals surface area contributed by atoms with Crippen molar-refractivity contribution in [3.05, 3.63) is 0 Å². The third kappa shape index (κ3) is 3.96. The zero-order valence-electron chi connectivity index (χ0n) is 11.8. The molecule has 1 saturated carbocycles. The van der Waals surface area contributed by atoms with Crippen LogP contribution < -0.4 is 5.32 Å². The van der Waals surface area contributed by atoms with Crippen LogP contribution in [0.5, 0.6) is 0 Å². The van der Waals surface area contributed by atoms with E-state index in [1.807, 2.05) is 0 Å². The lowest BCUT2D eigenvalue weighted by Gasteiger charge is -2.33. The predicted molar refractivity (Wildman–Crippen MR) is 74.4 cm³/mol. The molecule has 0 amide bonds. The lowest BCUT2D eigenvalue weighted by molar-refractivity contribution is 0.159. The Morgan fingerprint density at radius 2 is 1.71 bits per heavy atom. The molecule has 1 N–H and O–H groups in total. The predicted octanol–water partition coefficient (Wildman–Crippen LogP) is 3.17. The summed E-state index contributed by atoms with van der Waals surface area (Å²) in [6.45, 7) is 7.07. The maximum Gasteiger partial charge on any atom is 0.0224 e. The third-order valence-corrected chi connectivity index (χ3v) is 4.48. The molecule has 2 fully saturated rings. The van der Waals surface area contributed by atoms with Crippen LogP contribution in [0.2, 0.25) is 0 Å². The number of nitrogens with zero attached hydrogens (tertiary/aromatic N) is 1. The normalized spacial score (nSPS) is 28.8. The summed E-state index contributed by atoms with van der Waals surface area (Å²) in [5.74, 6) is 0. The van der Waals surface area contributed by atoms with Crippen molar-refractivity contribution in [2.75, 3.05) is 13.1 Å². The molecule has 2 rings (SSSR count). The average Bonchev–Trinajstić information content (AvgIpc) is 2.60. The Balaban J connectivity index is 1.84. The highest BCUT2D eigenvalue weighted by Crippen LogP contribution is 2.28. The maximum atomic E-state index is 3.63. The minimum absolute atomic E-state index is 0.631. The van der Waals surface area contributed by atoms with Crippen LogP contribution in [0.25, 0.3) is 0 Å². The van der Waals surface area contributed by atoms with Crippen LogP contribution in [0.4, 0.5) is 0 Å². The van der Waals surface area contributed by atoms with E-state index in [1.165, 1.54) is 64.5 Å². The molecule has 0 aromatic heterocycles. The molecule has 1 unspecified atom stereocenters. The SMILES string of the molecule is CC(C)NCC1CCCN1C1CCCCCC1. The van der Waals surface area contributed by atoms with Gasteiger partial charge in [0.1, 0.15) is 0 Å². The number of rotatable bonds is 4. The van der Waals surface area contributed by atoms with Crippen molar-refractivity contribution in [1.29, 1.82) is 0 Å². The summed E-state index contributed by atoms with van der Waals surface area (Å²) in [6, 6.07) is 2.35. The van der Waals surface area contributed by atoms with Gasteiger partial charge in [-0.25, -0.2) is 0 Å². The highest BCUT2D eigenvalue weighted by Gasteiger charge is 2.30. The van der Waals surface area contributed by atoms with Crippen molar-refractivity contribution in [2.24, 2.45) is 0 Å². The molecular formula is C15H30N2. The zero-order valence-corrected chi connectivity index (χ0v) is 11.8. The quantitative estimate of drug-likeness (QED) is 0.757. The van der Waals surface area contributed by atoms with Crippen molar-refractivity contribution in [2.45, 2.75) is 83.3 Å². The molecule has 0 aromatic carbocycles. The van der Waals surface area contributed by atoms with Gasteiger partial charge in [0.2, 0.25) is 0 Å². The second-order valence-electron chi connectivity index (χ2n) is 6.24. The van der Waals surface area contributed by atoms with Gasteiger partial charge in [-0.05, 0) is 32.2 Å². The first-order valence-corrected chi connectivity index (χ1v) is 7.76. The van der Waals surface area contributed by atoms with Crippen LogP contribution in [-0.4, -0.2) is 36.1 Å². The van der Waals surface area contributed by atoms with Crippen LogP contribution in [-0.2, 0) is 0 Å². The summed E-state index contributed by atoms with van der Waals surface area (Å²) in [6.07, 6.45) is 11.6. The van der Waals surface area contributed by atoms with Gasteiger partial charge in [0.05, 0.1) is 0 Å². The van der Waals surface area contributed by atoms with Gasteiger partial charge in [0.25, 0.3) is 0 Å². The molecule has 0 radical (unpaired) electrons. The molecule has 1 saturated heterocycles. The van der Waals surface area contributed by atoms with Crippen molar-refractivity contribution in [3.8, 4) is 0 Å². The van der Waals surface area contributed by atoms with Gasteiger partial charge in [0.15, 0.2) is 0 Å². The zero-order chi connectivity index (χ0) is 12.1. The first-order chi connectivity index (χ1) is 8.27. The van der Waals surface area contributed by atoms with Gasteiger partial charge in [-0.1, -0.05) is 39.5 Å². The number of hydrogen-bond acceptors (Lipinski definition) is 2. The molecule has 2 heteroatoms. The highest BCUT2D eigenvalue weighted by atomic mass is 15.2. The third-order valence-electron chi connectivity index (χ3n) is 4.48. The Bertz CT molecular complexity index is 207. The van der Waals surface area contributed by atoms with Gasteiger partial charge in [-0.3, -0.25) is 4.90 Å². The number of nitrogens with one attached hydrogen (secondary N) is 1. The van der Waals surface area contributed by atoms with E-state index in [4.69, 9.17) is 0 Å². The summed E-state index contributed by atoms with van der Waals surface area (Å²) < 4.78 is 0.